The first-order valence-corrected chi connectivity index (χ1v) is 9.54. The van der Waals surface area contributed by atoms with Crippen molar-refractivity contribution in [1.82, 2.24) is 14.7 Å². The first-order chi connectivity index (χ1) is 13.0. The van der Waals surface area contributed by atoms with E-state index in [9.17, 15) is 14.9 Å². The summed E-state index contributed by atoms with van der Waals surface area (Å²) < 4.78 is 1.64. The smallest absolute Gasteiger partial charge is 0.312 e. The van der Waals surface area contributed by atoms with E-state index in [0.29, 0.717) is 23.5 Å². The zero-order valence-corrected chi connectivity index (χ0v) is 16.0. The maximum atomic E-state index is 12.7. The van der Waals surface area contributed by atoms with Crippen LogP contribution in [0.3, 0.4) is 0 Å². The van der Waals surface area contributed by atoms with Crippen molar-refractivity contribution in [3.63, 3.8) is 0 Å². The van der Waals surface area contributed by atoms with Crippen LogP contribution in [0.5, 0.6) is 0 Å². The lowest BCUT2D eigenvalue weighted by atomic mass is 10.1. The molecule has 0 unspecified atom stereocenters. The normalized spacial score (nSPS) is 15.3. The summed E-state index contributed by atoms with van der Waals surface area (Å²) in [6.45, 7) is 5.45. The summed E-state index contributed by atoms with van der Waals surface area (Å²) >= 11 is 0. The fourth-order valence-corrected chi connectivity index (χ4v) is 3.66. The molecule has 1 aliphatic rings. The Balaban J connectivity index is 1.71. The van der Waals surface area contributed by atoms with Gasteiger partial charge in [0.05, 0.1) is 11.5 Å². The van der Waals surface area contributed by atoms with Gasteiger partial charge in [0.15, 0.2) is 0 Å². The second-order valence-electron chi connectivity index (χ2n) is 7.19. The van der Waals surface area contributed by atoms with Crippen LogP contribution in [-0.4, -0.2) is 38.6 Å². The van der Waals surface area contributed by atoms with Gasteiger partial charge >= 0.3 is 5.69 Å². The second-order valence-corrected chi connectivity index (χ2v) is 7.19. The molecule has 1 aliphatic heterocycles. The number of nitro groups is 1. The Morgan fingerprint density at radius 2 is 1.67 bits per heavy atom. The van der Waals surface area contributed by atoms with E-state index >= 15 is 0 Å². The highest BCUT2D eigenvalue weighted by atomic mass is 16.6. The van der Waals surface area contributed by atoms with Crippen LogP contribution < -0.4 is 0 Å². The number of rotatable bonds is 4. The summed E-state index contributed by atoms with van der Waals surface area (Å²) in [6, 6.07) is 7.49. The molecule has 2 heterocycles. The van der Waals surface area contributed by atoms with E-state index in [1.807, 2.05) is 29.2 Å². The van der Waals surface area contributed by atoms with Gasteiger partial charge in [0.2, 0.25) is 0 Å². The van der Waals surface area contributed by atoms with Gasteiger partial charge in [0.25, 0.3) is 5.91 Å². The van der Waals surface area contributed by atoms with Gasteiger partial charge in [-0.1, -0.05) is 31.4 Å². The lowest BCUT2D eigenvalue weighted by Crippen LogP contribution is -2.33. The second kappa shape index (κ2) is 8.33. The van der Waals surface area contributed by atoms with Crippen LogP contribution in [0.1, 0.15) is 59.4 Å². The third kappa shape index (κ3) is 4.35. The molecule has 7 heteroatoms. The van der Waals surface area contributed by atoms with E-state index in [-0.39, 0.29) is 16.5 Å². The van der Waals surface area contributed by atoms with Gasteiger partial charge in [-0.3, -0.25) is 19.6 Å². The molecular weight excluding hydrogens is 344 g/mol. The van der Waals surface area contributed by atoms with E-state index < -0.39 is 0 Å². The maximum absolute atomic E-state index is 12.7. The number of aryl methyl sites for hydroxylation is 1. The topological polar surface area (TPSA) is 81.3 Å². The Morgan fingerprint density at radius 1 is 1.07 bits per heavy atom. The lowest BCUT2D eigenvalue weighted by Gasteiger charge is -2.25. The molecule has 27 heavy (non-hydrogen) atoms. The third-order valence-electron chi connectivity index (χ3n) is 5.20. The highest BCUT2D eigenvalue weighted by Gasteiger charge is 2.22. The van der Waals surface area contributed by atoms with E-state index in [4.69, 9.17) is 0 Å². The predicted octanol–water partition coefficient (Wildman–Crippen LogP) is 3.86. The molecule has 1 aromatic carbocycles. The van der Waals surface area contributed by atoms with Gasteiger partial charge in [0, 0.05) is 18.7 Å². The molecule has 0 bridgehead atoms. The van der Waals surface area contributed by atoms with Crippen molar-refractivity contribution in [1.29, 1.82) is 0 Å². The lowest BCUT2D eigenvalue weighted by molar-refractivity contribution is -0.386. The Bertz CT molecular complexity index is 818. The van der Waals surface area contributed by atoms with Crippen LogP contribution >= 0.6 is 0 Å². The molecule has 3 rings (SSSR count). The minimum atomic E-state index is -0.390. The number of hydrogen-bond acceptors (Lipinski definition) is 4. The summed E-state index contributed by atoms with van der Waals surface area (Å²) in [4.78, 5) is 25.4. The number of hydrogen-bond donors (Lipinski definition) is 0. The van der Waals surface area contributed by atoms with Crippen molar-refractivity contribution in [3.8, 4) is 0 Å². The quantitative estimate of drug-likeness (QED) is 0.604. The number of aromatic nitrogens is 2. The van der Waals surface area contributed by atoms with Gasteiger partial charge in [0.1, 0.15) is 11.4 Å². The van der Waals surface area contributed by atoms with Gasteiger partial charge in [-0.15, -0.1) is 0 Å². The van der Waals surface area contributed by atoms with Gasteiger partial charge < -0.3 is 4.90 Å². The van der Waals surface area contributed by atoms with Crippen molar-refractivity contribution >= 4 is 11.6 Å². The Labute approximate surface area is 159 Å². The summed E-state index contributed by atoms with van der Waals surface area (Å²) in [5, 5.41) is 15.4. The predicted molar refractivity (Wildman–Crippen MR) is 103 cm³/mol. The molecule has 1 fully saturated rings. The van der Waals surface area contributed by atoms with E-state index in [2.05, 4.69) is 5.10 Å². The van der Waals surface area contributed by atoms with Crippen LogP contribution in [0, 0.1) is 24.0 Å². The molecule has 0 N–H and O–H groups in total. The Morgan fingerprint density at radius 3 is 2.22 bits per heavy atom. The highest BCUT2D eigenvalue weighted by molar-refractivity contribution is 5.94. The van der Waals surface area contributed by atoms with Crippen molar-refractivity contribution in [2.45, 2.75) is 52.5 Å². The summed E-state index contributed by atoms with van der Waals surface area (Å²) in [5.74, 6) is 0.0882. The summed E-state index contributed by atoms with van der Waals surface area (Å²) in [6.07, 6.45) is 5.79. The summed E-state index contributed by atoms with van der Waals surface area (Å²) in [5.41, 5.74) is 2.68. The first kappa shape index (κ1) is 19.1. The largest absolute Gasteiger partial charge is 0.339 e. The molecule has 1 aromatic heterocycles. The standard InChI is InChI=1S/C20H26N4O3/c1-15-19(24(26)27)16(2)23(21-15)14-17-8-10-18(11-9-17)20(25)22-12-6-4-3-5-7-13-22/h8-11H,3-7,12-14H2,1-2H3. The van der Waals surface area contributed by atoms with E-state index in [0.717, 1.165) is 31.5 Å². The zero-order valence-electron chi connectivity index (χ0n) is 16.0. The van der Waals surface area contributed by atoms with Crippen LogP contribution in [0.25, 0.3) is 0 Å². The SMILES string of the molecule is Cc1nn(Cc2ccc(C(=O)N3CCCCCCC3)cc2)c(C)c1[N+](=O)[O-]. The van der Waals surface area contributed by atoms with Crippen LogP contribution in [0.2, 0.25) is 0 Å². The monoisotopic (exact) mass is 370 g/mol. The zero-order chi connectivity index (χ0) is 19.4. The van der Waals surface area contributed by atoms with Crippen molar-refractivity contribution < 1.29 is 9.72 Å². The van der Waals surface area contributed by atoms with E-state index in [1.54, 1.807) is 18.5 Å². The molecule has 144 valence electrons. The molecule has 1 amide bonds. The summed E-state index contributed by atoms with van der Waals surface area (Å²) in [7, 11) is 0. The number of benzene rings is 1. The minimum Gasteiger partial charge on any atom is -0.339 e. The average Bonchev–Trinajstić information content (AvgIpc) is 2.88. The van der Waals surface area contributed by atoms with Crippen molar-refractivity contribution in [2.24, 2.45) is 0 Å². The Kier molecular flexibility index (Phi) is 5.88. The average molecular weight is 370 g/mol. The molecule has 2 aromatic rings. The molecule has 0 aliphatic carbocycles. The fourth-order valence-electron chi connectivity index (χ4n) is 3.66. The highest BCUT2D eigenvalue weighted by Crippen LogP contribution is 2.22. The molecule has 0 radical (unpaired) electrons. The molecule has 0 saturated carbocycles. The number of nitrogens with zero attached hydrogens (tertiary/aromatic N) is 4. The maximum Gasteiger partial charge on any atom is 0.312 e. The van der Waals surface area contributed by atoms with Gasteiger partial charge in [-0.25, -0.2) is 0 Å². The minimum absolute atomic E-state index is 0.0684. The third-order valence-corrected chi connectivity index (χ3v) is 5.20. The number of carbonyl (C=O) groups is 1. The molecule has 0 spiro atoms. The van der Waals surface area contributed by atoms with Gasteiger partial charge in [-0.05, 0) is 44.4 Å². The number of carbonyl (C=O) groups excluding carboxylic acids is 1. The number of amides is 1. The first-order valence-electron chi connectivity index (χ1n) is 9.54. The van der Waals surface area contributed by atoms with Gasteiger partial charge in [-0.2, -0.15) is 5.10 Å². The van der Waals surface area contributed by atoms with Crippen molar-refractivity contribution in [2.75, 3.05) is 13.1 Å². The van der Waals surface area contributed by atoms with Crippen LogP contribution in [-0.2, 0) is 6.54 Å². The number of likely N-dealkylation sites (tertiary alicyclic amines) is 1. The fraction of sp³-hybridized carbons (Fsp3) is 0.500. The van der Waals surface area contributed by atoms with Crippen LogP contribution in [0.4, 0.5) is 5.69 Å². The van der Waals surface area contributed by atoms with Crippen molar-refractivity contribution in [3.05, 3.63) is 56.9 Å². The van der Waals surface area contributed by atoms with Crippen LogP contribution in [0.15, 0.2) is 24.3 Å². The molecular formula is C20H26N4O3. The molecule has 7 nitrogen and oxygen atoms in total. The Hall–Kier alpha value is -2.70. The molecule has 0 atom stereocenters. The van der Waals surface area contributed by atoms with E-state index in [1.165, 1.54) is 19.3 Å². The molecule has 1 saturated heterocycles.